The number of aromatic amines is 1. The van der Waals surface area contributed by atoms with Crippen molar-refractivity contribution in [3.05, 3.63) is 44.8 Å². The van der Waals surface area contributed by atoms with Crippen molar-refractivity contribution < 1.29 is 14.3 Å². The van der Waals surface area contributed by atoms with Crippen LogP contribution in [0, 0.1) is 18.3 Å². The molecule has 0 aliphatic heterocycles. The fourth-order valence-corrected chi connectivity index (χ4v) is 2.39. The molecule has 0 amide bonds. The minimum Gasteiger partial charge on any atom is -0.493 e. The van der Waals surface area contributed by atoms with Crippen molar-refractivity contribution in [1.82, 2.24) is 4.98 Å². The van der Waals surface area contributed by atoms with Crippen molar-refractivity contribution in [2.24, 2.45) is 0 Å². The standard InChI is InChI=1S/C16H13ClN2O4/c1-8-4-11(12(7-18)16(21)19-8)10-5-13(17)15(23-9(2)20)14(6-10)22-3/h4-6H,1-3H3,(H,19,21). The molecule has 0 saturated carbocycles. The number of nitriles is 1. The predicted molar refractivity (Wildman–Crippen MR) is 84.8 cm³/mol. The van der Waals surface area contributed by atoms with Gasteiger partial charge < -0.3 is 14.5 Å². The lowest BCUT2D eigenvalue weighted by atomic mass is 10.0. The van der Waals surface area contributed by atoms with Crippen LogP contribution in [0.25, 0.3) is 11.1 Å². The molecular weight excluding hydrogens is 320 g/mol. The number of hydrogen-bond donors (Lipinski definition) is 1. The van der Waals surface area contributed by atoms with E-state index in [1.165, 1.54) is 20.1 Å². The summed E-state index contributed by atoms with van der Waals surface area (Å²) in [5.74, 6) is -0.224. The number of nitrogens with zero attached hydrogens (tertiary/aromatic N) is 1. The van der Waals surface area contributed by atoms with Crippen LogP contribution in [0.2, 0.25) is 5.02 Å². The van der Waals surface area contributed by atoms with Gasteiger partial charge in [-0.1, -0.05) is 11.6 Å². The van der Waals surface area contributed by atoms with Crippen molar-refractivity contribution in [3.8, 4) is 28.7 Å². The molecule has 6 nitrogen and oxygen atoms in total. The number of methoxy groups -OCH3 is 1. The summed E-state index contributed by atoms with van der Waals surface area (Å²) in [6.45, 7) is 2.95. The summed E-state index contributed by atoms with van der Waals surface area (Å²) in [4.78, 5) is 25.6. The van der Waals surface area contributed by atoms with Crippen LogP contribution >= 0.6 is 11.6 Å². The fourth-order valence-electron chi connectivity index (χ4n) is 2.15. The molecule has 0 saturated heterocycles. The van der Waals surface area contributed by atoms with Crippen LogP contribution in [0.4, 0.5) is 0 Å². The maximum Gasteiger partial charge on any atom is 0.308 e. The molecule has 0 unspecified atom stereocenters. The number of rotatable bonds is 3. The van der Waals surface area contributed by atoms with Crippen LogP contribution in [-0.2, 0) is 4.79 Å². The van der Waals surface area contributed by atoms with Crippen molar-refractivity contribution in [3.63, 3.8) is 0 Å². The van der Waals surface area contributed by atoms with Gasteiger partial charge in [-0.05, 0) is 30.7 Å². The summed E-state index contributed by atoms with van der Waals surface area (Å²) in [6.07, 6.45) is 0. The number of esters is 1. The van der Waals surface area contributed by atoms with Gasteiger partial charge in [-0.3, -0.25) is 9.59 Å². The molecule has 7 heteroatoms. The molecule has 118 valence electrons. The van der Waals surface area contributed by atoms with Gasteiger partial charge in [-0.25, -0.2) is 0 Å². The number of pyridine rings is 1. The van der Waals surface area contributed by atoms with Crippen molar-refractivity contribution in [2.75, 3.05) is 7.11 Å². The number of carbonyl (C=O) groups is 1. The average molecular weight is 333 g/mol. The Morgan fingerprint density at radius 3 is 2.61 bits per heavy atom. The van der Waals surface area contributed by atoms with Crippen LogP contribution in [-0.4, -0.2) is 18.1 Å². The first kappa shape index (κ1) is 16.6. The molecule has 0 spiro atoms. The van der Waals surface area contributed by atoms with Gasteiger partial charge in [0.1, 0.15) is 11.6 Å². The highest BCUT2D eigenvalue weighted by atomic mass is 35.5. The summed E-state index contributed by atoms with van der Waals surface area (Å²) in [7, 11) is 1.40. The minimum absolute atomic E-state index is 0.0334. The predicted octanol–water partition coefficient (Wildman–Crippen LogP) is 2.81. The highest BCUT2D eigenvalue weighted by molar-refractivity contribution is 6.32. The third kappa shape index (κ3) is 3.35. The molecule has 2 rings (SSSR count). The number of H-pyrrole nitrogens is 1. The highest BCUT2D eigenvalue weighted by Crippen LogP contribution is 2.40. The van der Waals surface area contributed by atoms with Gasteiger partial charge in [0.15, 0.2) is 11.5 Å². The minimum atomic E-state index is -0.539. The van der Waals surface area contributed by atoms with E-state index in [0.29, 0.717) is 16.8 Å². The summed E-state index contributed by atoms with van der Waals surface area (Å²) in [5.41, 5.74) is 1.01. The molecule has 0 fully saturated rings. The van der Waals surface area contributed by atoms with E-state index in [2.05, 4.69) is 4.98 Å². The van der Waals surface area contributed by atoms with Crippen LogP contribution in [0.5, 0.6) is 11.5 Å². The third-order valence-electron chi connectivity index (χ3n) is 3.07. The number of aromatic nitrogens is 1. The SMILES string of the molecule is COc1cc(-c2cc(C)[nH]c(=O)c2C#N)cc(Cl)c1OC(C)=O. The van der Waals surface area contributed by atoms with E-state index in [0.717, 1.165) is 0 Å². The molecule has 0 bridgehead atoms. The lowest BCUT2D eigenvalue weighted by Gasteiger charge is -2.13. The molecule has 1 aromatic heterocycles. The molecular formula is C16H13ClN2O4. The van der Waals surface area contributed by atoms with Gasteiger partial charge in [-0.15, -0.1) is 0 Å². The molecule has 1 N–H and O–H groups in total. The molecule has 1 heterocycles. The Morgan fingerprint density at radius 1 is 1.35 bits per heavy atom. The second-order valence-corrected chi connectivity index (χ2v) is 5.17. The van der Waals surface area contributed by atoms with Gasteiger partial charge in [0, 0.05) is 18.2 Å². The van der Waals surface area contributed by atoms with Crippen LogP contribution < -0.4 is 15.0 Å². The summed E-state index contributed by atoms with van der Waals surface area (Å²) in [6, 6.07) is 6.61. The van der Waals surface area contributed by atoms with Crippen molar-refractivity contribution >= 4 is 17.6 Å². The Labute approximate surface area is 137 Å². The van der Waals surface area contributed by atoms with Gasteiger partial charge in [0.2, 0.25) is 0 Å². The van der Waals surface area contributed by atoms with E-state index in [1.54, 1.807) is 19.1 Å². The zero-order valence-corrected chi connectivity index (χ0v) is 13.4. The van der Waals surface area contributed by atoms with E-state index in [1.807, 2.05) is 6.07 Å². The van der Waals surface area contributed by atoms with Gasteiger partial charge in [0.25, 0.3) is 5.56 Å². The zero-order valence-electron chi connectivity index (χ0n) is 12.7. The molecule has 0 radical (unpaired) electrons. The second-order valence-electron chi connectivity index (χ2n) is 4.77. The molecule has 0 aliphatic carbocycles. The lowest BCUT2D eigenvalue weighted by molar-refractivity contribution is -0.132. The van der Waals surface area contributed by atoms with Crippen LogP contribution in [0.15, 0.2) is 23.0 Å². The Bertz CT molecular complexity index is 881. The van der Waals surface area contributed by atoms with E-state index >= 15 is 0 Å². The lowest BCUT2D eigenvalue weighted by Crippen LogP contribution is -2.12. The molecule has 1 aromatic carbocycles. The fraction of sp³-hybridized carbons (Fsp3) is 0.188. The Hall–Kier alpha value is -2.78. The van der Waals surface area contributed by atoms with E-state index in [-0.39, 0.29) is 22.1 Å². The number of hydrogen-bond acceptors (Lipinski definition) is 5. The number of benzene rings is 1. The number of nitrogens with one attached hydrogen (secondary N) is 1. The van der Waals surface area contributed by atoms with Gasteiger partial charge >= 0.3 is 5.97 Å². The maximum absolute atomic E-state index is 11.9. The second kappa shape index (κ2) is 6.55. The monoisotopic (exact) mass is 332 g/mol. The van der Waals surface area contributed by atoms with E-state index in [9.17, 15) is 14.9 Å². The molecule has 2 aromatic rings. The first-order chi connectivity index (χ1) is 10.9. The molecule has 0 atom stereocenters. The third-order valence-corrected chi connectivity index (χ3v) is 3.35. The molecule has 0 aliphatic rings. The van der Waals surface area contributed by atoms with Crippen molar-refractivity contribution in [2.45, 2.75) is 13.8 Å². The summed E-state index contributed by atoms with van der Waals surface area (Å²) < 4.78 is 10.2. The maximum atomic E-state index is 11.9. The first-order valence-corrected chi connectivity index (χ1v) is 6.95. The summed E-state index contributed by atoms with van der Waals surface area (Å²) in [5, 5.41) is 9.35. The number of carbonyl (C=O) groups excluding carboxylic acids is 1. The van der Waals surface area contributed by atoms with Crippen molar-refractivity contribution in [1.29, 1.82) is 5.26 Å². The Balaban J connectivity index is 2.72. The largest absolute Gasteiger partial charge is 0.493 e. The Kier molecular flexibility index (Phi) is 4.72. The first-order valence-electron chi connectivity index (χ1n) is 6.57. The number of ether oxygens (including phenoxy) is 2. The zero-order chi connectivity index (χ0) is 17.1. The molecule has 23 heavy (non-hydrogen) atoms. The summed E-state index contributed by atoms with van der Waals surface area (Å²) >= 11 is 6.16. The highest BCUT2D eigenvalue weighted by Gasteiger charge is 2.17. The topological polar surface area (TPSA) is 92.2 Å². The normalized spacial score (nSPS) is 10.0. The van der Waals surface area contributed by atoms with Crippen LogP contribution in [0.1, 0.15) is 18.2 Å². The van der Waals surface area contributed by atoms with Gasteiger partial charge in [-0.2, -0.15) is 5.26 Å². The van der Waals surface area contributed by atoms with Crippen LogP contribution in [0.3, 0.4) is 0 Å². The smallest absolute Gasteiger partial charge is 0.308 e. The average Bonchev–Trinajstić information content (AvgIpc) is 2.48. The Morgan fingerprint density at radius 2 is 2.04 bits per heavy atom. The van der Waals surface area contributed by atoms with Gasteiger partial charge in [0.05, 0.1) is 12.1 Å². The van der Waals surface area contributed by atoms with E-state index in [4.69, 9.17) is 21.1 Å². The number of aryl methyl sites for hydroxylation is 1. The van der Waals surface area contributed by atoms with E-state index < -0.39 is 11.5 Å². The number of halogens is 1. The quantitative estimate of drug-likeness (QED) is 0.689.